The van der Waals surface area contributed by atoms with Crippen molar-refractivity contribution in [2.45, 2.75) is 20.8 Å². The summed E-state index contributed by atoms with van der Waals surface area (Å²) >= 11 is 0. The van der Waals surface area contributed by atoms with Crippen molar-refractivity contribution in [2.24, 2.45) is 0 Å². The van der Waals surface area contributed by atoms with Crippen molar-refractivity contribution in [1.29, 1.82) is 0 Å². The third kappa shape index (κ3) is 2.86. The number of hydrogen-bond acceptors (Lipinski definition) is 2. The number of carbonyl (C=O) groups excluding carboxylic acids is 1. The average molecular weight is 290 g/mol. The van der Waals surface area contributed by atoms with Crippen LogP contribution >= 0.6 is 0 Å². The lowest BCUT2D eigenvalue weighted by molar-refractivity contribution is 0.102. The van der Waals surface area contributed by atoms with Gasteiger partial charge in [0.15, 0.2) is 11.6 Å². The number of anilines is 2. The Bertz CT molecular complexity index is 703. The van der Waals surface area contributed by atoms with Gasteiger partial charge >= 0.3 is 0 Å². The Morgan fingerprint density at radius 3 is 2.24 bits per heavy atom. The molecule has 0 aliphatic carbocycles. The Morgan fingerprint density at radius 2 is 1.67 bits per heavy atom. The van der Waals surface area contributed by atoms with Gasteiger partial charge in [-0.3, -0.25) is 4.79 Å². The summed E-state index contributed by atoms with van der Waals surface area (Å²) in [6, 6.07) is 5.84. The fraction of sp³-hybridized carbons (Fsp3) is 0.188. The molecule has 0 saturated heterocycles. The molecule has 3 N–H and O–H groups in total. The SMILES string of the molecule is Cc1cc(C)c(C(=O)Nc2c(N)ccc(F)c2F)c(C)c1. The molecule has 5 heteroatoms. The molecule has 0 saturated carbocycles. The lowest BCUT2D eigenvalue weighted by atomic mass is 9.99. The highest BCUT2D eigenvalue weighted by Crippen LogP contribution is 2.26. The summed E-state index contributed by atoms with van der Waals surface area (Å²) in [5.41, 5.74) is 8.23. The molecule has 0 unspecified atom stereocenters. The normalized spacial score (nSPS) is 10.5. The summed E-state index contributed by atoms with van der Waals surface area (Å²) in [6.07, 6.45) is 0. The van der Waals surface area contributed by atoms with E-state index in [-0.39, 0.29) is 11.4 Å². The number of nitrogens with two attached hydrogens (primary N) is 1. The molecular weight excluding hydrogens is 274 g/mol. The molecule has 0 radical (unpaired) electrons. The summed E-state index contributed by atoms with van der Waals surface area (Å²) in [6.45, 7) is 5.51. The molecule has 0 atom stereocenters. The van der Waals surface area contributed by atoms with E-state index in [9.17, 15) is 13.6 Å². The van der Waals surface area contributed by atoms with Gasteiger partial charge in [-0.1, -0.05) is 17.7 Å². The zero-order valence-corrected chi connectivity index (χ0v) is 12.1. The first-order chi connectivity index (χ1) is 9.81. The molecule has 1 amide bonds. The lowest BCUT2D eigenvalue weighted by Gasteiger charge is -2.13. The van der Waals surface area contributed by atoms with Gasteiger partial charge in [0.2, 0.25) is 0 Å². The molecule has 2 rings (SSSR count). The van der Waals surface area contributed by atoms with Crippen LogP contribution in [0.5, 0.6) is 0 Å². The molecule has 0 aliphatic heterocycles. The second kappa shape index (κ2) is 5.52. The Hall–Kier alpha value is -2.43. The van der Waals surface area contributed by atoms with Crippen LogP contribution < -0.4 is 11.1 Å². The maximum absolute atomic E-state index is 13.7. The Labute approximate surface area is 121 Å². The minimum Gasteiger partial charge on any atom is -0.397 e. The number of amides is 1. The molecule has 110 valence electrons. The van der Waals surface area contributed by atoms with Gasteiger partial charge in [-0.15, -0.1) is 0 Å². The van der Waals surface area contributed by atoms with Gasteiger partial charge in [0.25, 0.3) is 5.91 Å². The van der Waals surface area contributed by atoms with Gasteiger partial charge < -0.3 is 11.1 Å². The molecule has 0 aliphatic rings. The molecule has 2 aromatic rings. The minimum atomic E-state index is -1.16. The Morgan fingerprint density at radius 1 is 1.10 bits per heavy atom. The van der Waals surface area contributed by atoms with E-state index in [1.807, 2.05) is 19.1 Å². The van der Waals surface area contributed by atoms with Gasteiger partial charge in [-0.05, 0) is 44.0 Å². The monoisotopic (exact) mass is 290 g/mol. The van der Waals surface area contributed by atoms with Crippen LogP contribution in [0.4, 0.5) is 20.2 Å². The number of halogens is 2. The van der Waals surface area contributed by atoms with Crippen LogP contribution in [0.25, 0.3) is 0 Å². The molecule has 3 nitrogen and oxygen atoms in total. The number of nitrogen functional groups attached to an aromatic ring is 1. The number of nitrogens with one attached hydrogen (secondary N) is 1. The number of aryl methyl sites for hydroxylation is 3. The topological polar surface area (TPSA) is 55.1 Å². The van der Waals surface area contributed by atoms with E-state index in [0.29, 0.717) is 5.56 Å². The van der Waals surface area contributed by atoms with Gasteiger partial charge in [0.05, 0.1) is 5.69 Å². The molecule has 21 heavy (non-hydrogen) atoms. The smallest absolute Gasteiger partial charge is 0.256 e. The van der Waals surface area contributed by atoms with Crippen molar-refractivity contribution >= 4 is 17.3 Å². The number of hydrogen-bond donors (Lipinski definition) is 2. The van der Waals surface area contributed by atoms with E-state index in [4.69, 9.17) is 5.73 Å². The van der Waals surface area contributed by atoms with Gasteiger partial charge in [-0.25, -0.2) is 8.78 Å². The van der Waals surface area contributed by atoms with Crippen LogP contribution in [0.3, 0.4) is 0 Å². The number of benzene rings is 2. The summed E-state index contributed by atoms with van der Waals surface area (Å²) in [4.78, 5) is 12.3. The van der Waals surface area contributed by atoms with Crippen LogP contribution in [0.2, 0.25) is 0 Å². The first kappa shape index (κ1) is 15.0. The third-order valence-corrected chi connectivity index (χ3v) is 3.27. The standard InChI is InChI=1S/C16H16F2N2O/c1-8-6-9(2)13(10(3)7-8)16(21)20-15-12(19)5-4-11(17)14(15)18/h4-7H,19H2,1-3H3,(H,20,21). The van der Waals surface area contributed by atoms with Crippen molar-refractivity contribution in [3.05, 3.63) is 58.2 Å². The molecule has 0 fully saturated rings. The lowest BCUT2D eigenvalue weighted by Crippen LogP contribution is -2.17. The second-order valence-corrected chi connectivity index (χ2v) is 5.05. The first-order valence-electron chi connectivity index (χ1n) is 6.44. The van der Waals surface area contributed by atoms with Gasteiger partial charge in [0.1, 0.15) is 5.69 Å². The van der Waals surface area contributed by atoms with E-state index in [0.717, 1.165) is 22.8 Å². The van der Waals surface area contributed by atoms with Crippen molar-refractivity contribution in [2.75, 3.05) is 11.1 Å². The van der Waals surface area contributed by atoms with Crippen molar-refractivity contribution < 1.29 is 13.6 Å². The maximum atomic E-state index is 13.7. The Kier molecular flexibility index (Phi) is 3.93. The molecule has 0 bridgehead atoms. The van der Waals surface area contributed by atoms with E-state index in [2.05, 4.69) is 5.32 Å². The maximum Gasteiger partial charge on any atom is 0.256 e. The minimum absolute atomic E-state index is 0.0235. The van der Waals surface area contributed by atoms with Gasteiger partial charge in [-0.2, -0.15) is 0 Å². The highest BCUT2D eigenvalue weighted by molar-refractivity contribution is 6.07. The van der Waals surface area contributed by atoms with Crippen LogP contribution in [0.1, 0.15) is 27.0 Å². The van der Waals surface area contributed by atoms with E-state index >= 15 is 0 Å². The largest absolute Gasteiger partial charge is 0.397 e. The zero-order valence-electron chi connectivity index (χ0n) is 12.1. The molecule has 0 spiro atoms. The third-order valence-electron chi connectivity index (χ3n) is 3.27. The van der Waals surface area contributed by atoms with Crippen molar-refractivity contribution in [3.63, 3.8) is 0 Å². The predicted molar refractivity (Wildman–Crippen MR) is 79.4 cm³/mol. The average Bonchev–Trinajstić information content (AvgIpc) is 2.38. The van der Waals surface area contributed by atoms with Crippen LogP contribution in [-0.4, -0.2) is 5.91 Å². The Balaban J connectivity index is 2.42. The predicted octanol–water partition coefficient (Wildman–Crippen LogP) is 3.72. The quantitative estimate of drug-likeness (QED) is 0.828. The van der Waals surface area contributed by atoms with Crippen molar-refractivity contribution in [3.8, 4) is 0 Å². The summed E-state index contributed by atoms with van der Waals surface area (Å²) in [5, 5.41) is 2.36. The zero-order chi connectivity index (χ0) is 15.7. The van der Waals surface area contributed by atoms with Crippen LogP contribution in [-0.2, 0) is 0 Å². The fourth-order valence-corrected chi connectivity index (χ4v) is 2.41. The molecular formula is C16H16F2N2O. The van der Waals surface area contributed by atoms with Crippen LogP contribution in [0.15, 0.2) is 24.3 Å². The van der Waals surface area contributed by atoms with E-state index in [1.54, 1.807) is 13.8 Å². The molecule has 0 aromatic heterocycles. The molecule has 2 aromatic carbocycles. The second-order valence-electron chi connectivity index (χ2n) is 5.05. The number of carbonyl (C=O) groups is 1. The van der Waals surface area contributed by atoms with Crippen LogP contribution in [0, 0.1) is 32.4 Å². The van der Waals surface area contributed by atoms with Crippen molar-refractivity contribution in [1.82, 2.24) is 0 Å². The van der Waals surface area contributed by atoms with Gasteiger partial charge in [0, 0.05) is 5.56 Å². The molecule has 0 heterocycles. The summed E-state index contributed by atoms with van der Waals surface area (Å²) < 4.78 is 27.0. The highest BCUT2D eigenvalue weighted by Gasteiger charge is 2.18. The summed E-state index contributed by atoms with van der Waals surface area (Å²) in [7, 11) is 0. The van der Waals surface area contributed by atoms with E-state index in [1.165, 1.54) is 6.07 Å². The fourth-order valence-electron chi connectivity index (χ4n) is 2.41. The number of rotatable bonds is 2. The summed E-state index contributed by atoms with van der Waals surface area (Å²) in [5.74, 6) is -2.73. The van der Waals surface area contributed by atoms with E-state index < -0.39 is 17.5 Å². The highest BCUT2D eigenvalue weighted by atomic mass is 19.2. The first-order valence-corrected chi connectivity index (χ1v) is 6.44.